The monoisotopic (exact) mass is 539 g/mol. The minimum absolute atomic E-state index is 0.266. The quantitative estimate of drug-likeness (QED) is 0.234. The summed E-state index contributed by atoms with van der Waals surface area (Å²) in [6.07, 6.45) is 5.09. The summed E-state index contributed by atoms with van der Waals surface area (Å²) in [7, 11) is 0. The van der Waals surface area contributed by atoms with Gasteiger partial charge in [-0.3, -0.25) is 4.90 Å². The Morgan fingerprint density at radius 1 is 1.08 bits per heavy atom. The molecule has 2 aromatic carbocycles. The van der Waals surface area contributed by atoms with Crippen LogP contribution in [-0.4, -0.2) is 48.3 Å². The maximum absolute atomic E-state index is 13.2. The number of ether oxygens (including phenoxy) is 2. The van der Waals surface area contributed by atoms with E-state index in [9.17, 15) is 4.79 Å². The van der Waals surface area contributed by atoms with E-state index in [0.717, 1.165) is 47.3 Å². The second-order valence-corrected chi connectivity index (χ2v) is 11.4. The number of halogens is 1. The number of amides is 1. The second kappa shape index (κ2) is 13.4. The van der Waals surface area contributed by atoms with Gasteiger partial charge in [0.15, 0.2) is 0 Å². The molecule has 1 aliphatic heterocycles. The molecule has 0 saturated carbocycles. The summed E-state index contributed by atoms with van der Waals surface area (Å²) in [5, 5.41) is 5.29. The van der Waals surface area contributed by atoms with Crippen LogP contribution in [0.2, 0.25) is 5.02 Å². The zero-order chi connectivity index (χ0) is 27.1. The van der Waals surface area contributed by atoms with Gasteiger partial charge in [-0.2, -0.15) is 0 Å². The Bertz CT molecular complexity index is 1190. The number of aromatic nitrogens is 1. The van der Waals surface area contributed by atoms with E-state index in [4.69, 9.17) is 21.1 Å². The molecular formula is C31H42ClN3O3. The first-order valence-electron chi connectivity index (χ1n) is 14.0. The molecule has 0 fully saturated rings. The van der Waals surface area contributed by atoms with Gasteiger partial charge in [-0.25, -0.2) is 4.79 Å². The van der Waals surface area contributed by atoms with Crippen molar-refractivity contribution in [1.29, 1.82) is 0 Å². The summed E-state index contributed by atoms with van der Waals surface area (Å²) in [4.78, 5) is 18.6. The van der Waals surface area contributed by atoms with Gasteiger partial charge in [0.05, 0.1) is 13.2 Å². The average Bonchev–Trinajstić information content (AvgIpc) is 3.26. The molecule has 38 heavy (non-hydrogen) atoms. The van der Waals surface area contributed by atoms with Crippen molar-refractivity contribution in [2.24, 2.45) is 5.92 Å². The Kier molecular flexibility index (Phi) is 9.97. The van der Waals surface area contributed by atoms with E-state index >= 15 is 0 Å². The molecule has 4 rings (SSSR count). The third kappa shape index (κ3) is 7.23. The molecular weight excluding hydrogens is 498 g/mol. The Labute approximate surface area is 232 Å². The van der Waals surface area contributed by atoms with E-state index in [2.05, 4.69) is 36.3 Å². The van der Waals surface area contributed by atoms with Crippen LogP contribution < -0.4 is 10.1 Å². The van der Waals surface area contributed by atoms with Crippen LogP contribution in [0.5, 0.6) is 5.75 Å². The predicted molar refractivity (Wildman–Crippen MR) is 155 cm³/mol. The van der Waals surface area contributed by atoms with Crippen molar-refractivity contribution >= 4 is 28.6 Å². The van der Waals surface area contributed by atoms with Crippen molar-refractivity contribution in [3.63, 3.8) is 0 Å². The summed E-state index contributed by atoms with van der Waals surface area (Å²) in [5.74, 6) is 1.13. The van der Waals surface area contributed by atoms with Crippen LogP contribution in [0.4, 0.5) is 4.79 Å². The highest BCUT2D eigenvalue weighted by Gasteiger charge is 2.35. The second-order valence-electron chi connectivity index (χ2n) is 11.0. The first-order valence-corrected chi connectivity index (χ1v) is 14.4. The van der Waals surface area contributed by atoms with E-state index in [1.807, 2.05) is 49.1 Å². The minimum Gasteiger partial charge on any atom is -0.494 e. The van der Waals surface area contributed by atoms with Gasteiger partial charge in [0, 0.05) is 34.2 Å². The molecule has 1 atom stereocenters. The molecule has 2 heterocycles. The summed E-state index contributed by atoms with van der Waals surface area (Å²) in [5.41, 5.74) is 4.29. The van der Waals surface area contributed by atoms with E-state index in [1.54, 1.807) is 0 Å². The largest absolute Gasteiger partial charge is 0.494 e. The van der Waals surface area contributed by atoms with Gasteiger partial charge in [-0.05, 0) is 73.2 Å². The first-order chi connectivity index (χ1) is 18.3. The highest BCUT2D eigenvalue weighted by molar-refractivity contribution is 6.31. The van der Waals surface area contributed by atoms with Crippen LogP contribution in [0, 0.1) is 5.92 Å². The minimum atomic E-state index is -0.282. The summed E-state index contributed by atoms with van der Waals surface area (Å²) >= 11 is 6.32. The lowest BCUT2D eigenvalue weighted by Crippen LogP contribution is -2.41. The molecule has 2 N–H and O–H groups in total. The topological polar surface area (TPSA) is 66.6 Å². The molecule has 7 heteroatoms. The van der Waals surface area contributed by atoms with Crippen molar-refractivity contribution < 1.29 is 14.3 Å². The molecule has 0 aliphatic carbocycles. The van der Waals surface area contributed by atoms with Crippen LogP contribution in [0.3, 0.4) is 0 Å². The van der Waals surface area contributed by atoms with Crippen LogP contribution in [0.1, 0.15) is 76.2 Å². The highest BCUT2D eigenvalue weighted by atomic mass is 35.5. The lowest BCUT2D eigenvalue weighted by Gasteiger charge is -2.35. The molecule has 0 bridgehead atoms. The maximum Gasteiger partial charge on any atom is 0.410 e. The number of aromatic amines is 1. The van der Waals surface area contributed by atoms with Crippen molar-refractivity contribution in [2.75, 3.05) is 26.3 Å². The van der Waals surface area contributed by atoms with Crippen LogP contribution in [0.15, 0.2) is 42.5 Å². The zero-order valence-electron chi connectivity index (χ0n) is 23.2. The Morgan fingerprint density at radius 2 is 1.84 bits per heavy atom. The van der Waals surface area contributed by atoms with Crippen LogP contribution in [-0.2, 0) is 11.2 Å². The smallest absolute Gasteiger partial charge is 0.410 e. The van der Waals surface area contributed by atoms with E-state index in [1.165, 1.54) is 24.8 Å². The van der Waals surface area contributed by atoms with Crippen molar-refractivity contribution in [3.05, 3.63) is 64.3 Å². The Balaban J connectivity index is 1.45. The Hall–Kier alpha value is -2.70. The number of nitrogens with one attached hydrogen (secondary N) is 2. The SMILES string of the molecule is CC(C)COC(=O)N1CCc2c([nH]c3ccc(Cl)cc23)C1c1ccc(OCCCCCCNC(C)C)cc1. The molecule has 1 aromatic heterocycles. The number of fused-ring (bicyclic) bond motifs is 3. The number of hydrogen-bond acceptors (Lipinski definition) is 4. The number of H-pyrrole nitrogens is 1. The molecule has 1 unspecified atom stereocenters. The molecule has 1 aliphatic rings. The van der Waals surface area contributed by atoms with Crippen molar-refractivity contribution in [3.8, 4) is 5.75 Å². The fourth-order valence-corrected chi connectivity index (χ4v) is 5.20. The third-order valence-electron chi connectivity index (χ3n) is 6.95. The predicted octanol–water partition coefficient (Wildman–Crippen LogP) is 7.50. The van der Waals surface area contributed by atoms with E-state index in [-0.39, 0.29) is 18.1 Å². The number of benzene rings is 2. The van der Waals surface area contributed by atoms with E-state index in [0.29, 0.717) is 30.8 Å². The van der Waals surface area contributed by atoms with Gasteiger partial charge in [0.1, 0.15) is 11.8 Å². The molecule has 0 saturated heterocycles. The van der Waals surface area contributed by atoms with Gasteiger partial charge in [-0.1, -0.05) is 64.3 Å². The lowest BCUT2D eigenvalue weighted by molar-refractivity contribution is 0.0797. The molecule has 206 valence electrons. The van der Waals surface area contributed by atoms with Crippen LogP contribution >= 0.6 is 11.6 Å². The summed E-state index contributed by atoms with van der Waals surface area (Å²) in [6, 6.07) is 14.3. The number of rotatable bonds is 12. The fraction of sp³-hybridized carbons (Fsp3) is 0.516. The molecule has 0 spiro atoms. The molecule has 1 amide bonds. The van der Waals surface area contributed by atoms with Crippen molar-refractivity contribution in [1.82, 2.24) is 15.2 Å². The van der Waals surface area contributed by atoms with Gasteiger partial charge < -0.3 is 19.8 Å². The Morgan fingerprint density at radius 3 is 2.58 bits per heavy atom. The van der Waals surface area contributed by atoms with Gasteiger partial charge >= 0.3 is 6.09 Å². The normalized spacial score (nSPS) is 15.3. The number of hydrogen-bond donors (Lipinski definition) is 2. The fourth-order valence-electron chi connectivity index (χ4n) is 5.03. The number of carbonyl (C=O) groups excluding carboxylic acids is 1. The van der Waals surface area contributed by atoms with Gasteiger partial charge in [0.2, 0.25) is 0 Å². The van der Waals surface area contributed by atoms with E-state index < -0.39 is 0 Å². The average molecular weight is 540 g/mol. The molecule has 6 nitrogen and oxygen atoms in total. The zero-order valence-corrected chi connectivity index (χ0v) is 23.9. The summed E-state index contributed by atoms with van der Waals surface area (Å²) < 4.78 is 11.7. The van der Waals surface area contributed by atoms with Crippen LogP contribution in [0.25, 0.3) is 10.9 Å². The first kappa shape index (κ1) is 28.3. The highest BCUT2D eigenvalue weighted by Crippen LogP contribution is 2.39. The van der Waals surface area contributed by atoms with Gasteiger partial charge in [0.25, 0.3) is 0 Å². The lowest BCUT2D eigenvalue weighted by atomic mass is 9.92. The third-order valence-corrected chi connectivity index (χ3v) is 7.19. The van der Waals surface area contributed by atoms with Crippen molar-refractivity contribution in [2.45, 2.75) is 71.9 Å². The summed E-state index contributed by atoms with van der Waals surface area (Å²) in [6.45, 7) is 11.2. The number of nitrogens with zero attached hydrogens (tertiary/aromatic N) is 1. The number of unbranched alkanes of at least 4 members (excludes halogenated alkanes) is 3. The standard InChI is InChI=1S/C31H42ClN3O3/c1-21(2)20-38-31(36)35-17-15-26-27-19-24(32)11-14-28(27)34-29(26)30(35)23-9-12-25(13-10-23)37-18-8-6-5-7-16-33-22(3)4/h9-14,19,21-22,30,33-34H,5-8,15-18,20H2,1-4H3. The maximum atomic E-state index is 13.2. The molecule has 3 aromatic rings. The van der Waals surface area contributed by atoms with Gasteiger partial charge in [-0.15, -0.1) is 0 Å². The molecule has 0 radical (unpaired) electrons. The number of carbonyl (C=O) groups is 1.